The first-order chi connectivity index (χ1) is 9.40. The summed E-state index contributed by atoms with van der Waals surface area (Å²) in [5, 5.41) is 2.76. The van der Waals surface area contributed by atoms with Crippen LogP contribution in [0.3, 0.4) is 0 Å². The maximum atomic E-state index is 2.32. The van der Waals surface area contributed by atoms with Crippen LogP contribution in [0.2, 0.25) is 0 Å². The van der Waals surface area contributed by atoms with E-state index in [1.165, 1.54) is 35.6 Å². The Morgan fingerprint density at radius 1 is 1.05 bits per heavy atom. The van der Waals surface area contributed by atoms with Gasteiger partial charge in [0.15, 0.2) is 0 Å². The highest BCUT2D eigenvalue weighted by molar-refractivity contribution is 5.86. The molecular formula is C19H20. The predicted octanol–water partition coefficient (Wildman–Crippen LogP) is 5.61. The van der Waals surface area contributed by atoms with Crippen molar-refractivity contribution in [3.05, 3.63) is 71.8 Å². The summed E-state index contributed by atoms with van der Waals surface area (Å²) in [6, 6.07) is 15.4. The summed E-state index contributed by atoms with van der Waals surface area (Å²) < 4.78 is 0. The molecule has 0 aliphatic heterocycles. The Bertz CT molecular complexity index is 626. The minimum Gasteiger partial charge on any atom is -0.0842 e. The van der Waals surface area contributed by atoms with E-state index < -0.39 is 0 Å². The number of allylic oxidation sites excluding steroid dienone is 4. The number of rotatable bonds is 3. The summed E-state index contributed by atoms with van der Waals surface area (Å²) in [6.07, 6.45) is 10.4. The SMILES string of the molecule is CCC(C1=CC=CCC1)c1cccc2ccccc12. The normalized spacial score (nSPS) is 16.4. The van der Waals surface area contributed by atoms with Crippen molar-refractivity contribution in [2.24, 2.45) is 0 Å². The van der Waals surface area contributed by atoms with Crippen molar-refractivity contribution < 1.29 is 0 Å². The smallest absolute Gasteiger partial charge is 0.00549 e. The molecule has 0 saturated heterocycles. The van der Waals surface area contributed by atoms with Crippen LogP contribution < -0.4 is 0 Å². The first-order valence-corrected chi connectivity index (χ1v) is 7.23. The fourth-order valence-electron chi connectivity index (χ4n) is 3.15. The molecular weight excluding hydrogens is 228 g/mol. The van der Waals surface area contributed by atoms with Crippen LogP contribution in [0.1, 0.15) is 37.7 Å². The van der Waals surface area contributed by atoms with Gasteiger partial charge in [0.05, 0.1) is 0 Å². The molecule has 0 radical (unpaired) electrons. The zero-order valence-electron chi connectivity index (χ0n) is 11.5. The maximum absolute atomic E-state index is 2.32. The summed E-state index contributed by atoms with van der Waals surface area (Å²) in [4.78, 5) is 0. The molecule has 0 heterocycles. The Labute approximate surface area is 115 Å². The molecule has 0 fully saturated rings. The third kappa shape index (κ3) is 2.35. The van der Waals surface area contributed by atoms with Gasteiger partial charge < -0.3 is 0 Å². The minimum absolute atomic E-state index is 0.566. The zero-order valence-corrected chi connectivity index (χ0v) is 11.5. The molecule has 2 aromatic carbocycles. The molecule has 0 bridgehead atoms. The van der Waals surface area contributed by atoms with E-state index in [4.69, 9.17) is 0 Å². The first kappa shape index (κ1) is 12.2. The van der Waals surface area contributed by atoms with E-state index in [0.717, 1.165) is 0 Å². The summed E-state index contributed by atoms with van der Waals surface area (Å²) in [5.74, 6) is 0.566. The molecule has 0 heteroatoms. The van der Waals surface area contributed by atoms with Crippen LogP contribution in [-0.2, 0) is 0 Å². The molecule has 1 atom stereocenters. The van der Waals surface area contributed by atoms with Crippen LogP contribution in [0.25, 0.3) is 10.8 Å². The van der Waals surface area contributed by atoms with Crippen LogP contribution in [-0.4, -0.2) is 0 Å². The van der Waals surface area contributed by atoms with Crippen LogP contribution in [0.15, 0.2) is 66.3 Å². The third-order valence-corrected chi connectivity index (χ3v) is 4.10. The Kier molecular flexibility index (Phi) is 3.50. The van der Waals surface area contributed by atoms with Crippen LogP contribution in [0, 0.1) is 0 Å². The molecule has 2 aromatic rings. The average Bonchev–Trinajstić information content (AvgIpc) is 2.49. The molecule has 0 N–H and O–H groups in total. The zero-order chi connectivity index (χ0) is 13.1. The van der Waals surface area contributed by atoms with E-state index in [1.807, 2.05) is 0 Å². The van der Waals surface area contributed by atoms with Crippen molar-refractivity contribution >= 4 is 10.8 Å². The second kappa shape index (κ2) is 5.44. The minimum atomic E-state index is 0.566. The van der Waals surface area contributed by atoms with Crippen molar-refractivity contribution in [2.45, 2.75) is 32.1 Å². The van der Waals surface area contributed by atoms with Gasteiger partial charge in [0.25, 0.3) is 0 Å². The highest BCUT2D eigenvalue weighted by atomic mass is 14.2. The van der Waals surface area contributed by atoms with Gasteiger partial charge in [0.1, 0.15) is 0 Å². The van der Waals surface area contributed by atoms with Crippen molar-refractivity contribution in [2.75, 3.05) is 0 Å². The molecule has 1 aliphatic rings. The first-order valence-electron chi connectivity index (χ1n) is 7.23. The highest BCUT2D eigenvalue weighted by Gasteiger charge is 2.17. The summed E-state index contributed by atoms with van der Waals surface area (Å²) in [7, 11) is 0. The van der Waals surface area contributed by atoms with Gasteiger partial charge in [-0.1, -0.05) is 73.2 Å². The Hall–Kier alpha value is -1.82. The van der Waals surface area contributed by atoms with E-state index in [9.17, 15) is 0 Å². The lowest BCUT2D eigenvalue weighted by Gasteiger charge is -2.22. The van der Waals surface area contributed by atoms with E-state index in [2.05, 4.69) is 67.6 Å². The van der Waals surface area contributed by atoms with Crippen molar-refractivity contribution in [3.63, 3.8) is 0 Å². The molecule has 0 nitrogen and oxygen atoms in total. The lowest BCUT2D eigenvalue weighted by atomic mass is 9.82. The van der Waals surface area contributed by atoms with E-state index >= 15 is 0 Å². The number of benzene rings is 2. The monoisotopic (exact) mass is 248 g/mol. The van der Waals surface area contributed by atoms with Crippen LogP contribution >= 0.6 is 0 Å². The summed E-state index contributed by atoms with van der Waals surface area (Å²) in [6.45, 7) is 2.30. The van der Waals surface area contributed by atoms with Gasteiger partial charge in [0.2, 0.25) is 0 Å². The Morgan fingerprint density at radius 3 is 2.68 bits per heavy atom. The van der Waals surface area contributed by atoms with E-state index in [1.54, 1.807) is 5.57 Å². The molecule has 0 saturated carbocycles. The van der Waals surface area contributed by atoms with Gasteiger partial charge in [-0.15, -0.1) is 0 Å². The van der Waals surface area contributed by atoms with Crippen molar-refractivity contribution in [1.82, 2.24) is 0 Å². The van der Waals surface area contributed by atoms with Gasteiger partial charge in [-0.2, -0.15) is 0 Å². The molecule has 0 amide bonds. The molecule has 0 aromatic heterocycles. The number of fused-ring (bicyclic) bond motifs is 1. The maximum Gasteiger partial charge on any atom is 0.00549 e. The fourth-order valence-corrected chi connectivity index (χ4v) is 3.15. The summed E-state index contributed by atoms with van der Waals surface area (Å²) in [5.41, 5.74) is 3.07. The number of hydrogen-bond donors (Lipinski definition) is 0. The van der Waals surface area contributed by atoms with Crippen molar-refractivity contribution in [1.29, 1.82) is 0 Å². The van der Waals surface area contributed by atoms with Crippen LogP contribution in [0.5, 0.6) is 0 Å². The topological polar surface area (TPSA) is 0 Å². The second-order valence-electron chi connectivity index (χ2n) is 5.24. The van der Waals surface area contributed by atoms with Crippen molar-refractivity contribution in [3.8, 4) is 0 Å². The van der Waals surface area contributed by atoms with Gasteiger partial charge in [-0.3, -0.25) is 0 Å². The lowest BCUT2D eigenvalue weighted by Crippen LogP contribution is -2.04. The molecule has 19 heavy (non-hydrogen) atoms. The Morgan fingerprint density at radius 2 is 1.89 bits per heavy atom. The fraction of sp³-hybridized carbons (Fsp3) is 0.263. The highest BCUT2D eigenvalue weighted by Crippen LogP contribution is 2.36. The predicted molar refractivity (Wildman–Crippen MR) is 83.4 cm³/mol. The lowest BCUT2D eigenvalue weighted by molar-refractivity contribution is 0.716. The van der Waals surface area contributed by atoms with E-state index in [0.29, 0.717) is 5.92 Å². The van der Waals surface area contributed by atoms with Gasteiger partial charge in [-0.25, -0.2) is 0 Å². The largest absolute Gasteiger partial charge is 0.0842 e. The summed E-state index contributed by atoms with van der Waals surface area (Å²) >= 11 is 0. The second-order valence-corrected chi connectivity index (χ2v) is 5.24. The van der Waals surface area contributed by atoms with E-state index in [-0.39, 0.29) is 0 Å². The molecule has 96 valence electrons. The standard InChI is InChI=1S/C19H20/c1-2-17(15-9-4-3-5-10-15)19-14-8-12-16-11-6-7-13-18(16)19/h3-4,6-9,11-14,17H,2,5,10H2,1H3. The number of hydrogen-bond acceptors (Lipinski definition) is 0. The van der Waals surface area contributed by atoms with Gasteiger partial charge >= 0.3 is 0 Å². The average molecular weight is 248 g/mol. The van der Waals surface area contributed by atoms with Gasteiger partial charge in [-0.05, 0) is 35.6 Å². The molecule has 3 rings (SSSR count). The third-order valence-electron chi connectivity index (χ3n) is 4.10. The van der Waals surface area contributed by atoms with Gasteiger partial charge in [0, 0.05) is 5.92 Å². The molecule has 0 spiro atoms. The Balaban J connectivity index is 2.11. The molecule has 1 unspecified atom stereocenters. The quantitative estimate of drug-likeness (QED) is 0.662. The molecule has 1 aliphatic carbocycles. The van der Waals surface area contributed by atoms with Crippen LogP contribution in [0.4, 0.5) is 0 Å².